The summed E-state index contributed by atoms with van der Waals surface area (Å²) in [5.41, 5.74) is 4.00. The molecule has 0 radical (unpaired) electrons. The van der Waals surface area contributed by atoms with Crippen molar-refractivity contribution in [3.63, 3.8) is 0 Å². The molecule has 0 unspecified atom stereocenters. The lowest BCUT2D eigenvalue weighted by molar-refractivity contribution is 0.278. The van der Waals surface area contributed by atoms with Crippen LogP contribution in [-0.2, 0) is 6.61 Å². The molecule has 0 amide bonds. The van der Waals surface area contributed by atoms with Crippen molar-refractivity contribution in [1.29, 1.82) is 0 Å². The minimum absolute atomic E-state index is 0.183. The highest BCUT2D eigenvalue weighted by atomic mass is 32.1. The Morgan fingerprint density at radius 3 is 2.36 bits per heavy atom. The van der Waals surface area contributed by atoms with E-state index >= 15 is 0 Å². The van der Waals surface area contributed by atoms with Crippen molar-refractivity contribution in [1.82, 2.24) is 0 Å². The SMILES string of the molecule is CC(C)c1sc(-c2ccccc2)c(C2CCCCC2)c1CO. The van der Waals surface area contributed by atoms with Crippen molar-refractivity contribution in [3.8, 4) is 10.4 Å². The quantitative estimate of drug-likeness (QED) is 0.725. The monoisotopic (exact) mass is 314 g/mol. The van der Waals surface area contributed by atoms with Crippen molar-refractivity contribution in [2.45, 2.75) is 64.4 Å². The number of rotatable bonds is 4. The summed E-state index contributed by atoms with van der Waals surface area (Å²) in [5, 5.41) is 10.0. The maximum absolute atomic E-state index is 10.0. The first-order valence-corrected chi connectivity index (χ1v) is 9.35. The molecule has 1 aliphatic carbocycles. The van der Waals surface area contributed by atoms with Gasteiger partial charge < -0.3 is 5.11 Å². The Balaban J connectivity index is 2.14. The molecule has 1 heterocycles. The summed E-state index contributed by atoms with van der Waals surface area (Å²) < 4.78 is 0. The number of benzene rings is 1. The Hall–Kier alpha value is -1.12. The van der Waals surface area contributed by atoms with Crippen LogP contribution < -0.4 is 0 Å². The van der Waals surface area contributed by atoms with Gasteiger partial charge in [-0.15, -0.1) is 11.3 Å². The van der Waals surface area contributed by atoms with Crippen molar-refractivity contribution in [2.24, 2.45) is 0 Å². The van der Waals surface area contributed by atoms with Crippen LogP contribution in [0.25, 0.3) is 10.4 Å². The maximum Gasteiger partial charge on any atom is 0.0695 e. The topological polar surface area (TPSA) is 20.2 Å². The van der Waals surface area contributed by atoms with Gasteiger partial charge in [0.2, 0.25) is 0 Å². The van der Waals surface area contributed by atoms with E-state index in [-0.39, 0.29) is 6.61 Å². The summed E-state index contributed by atoms with van der Waals surface area (Å²) in [7, 11) is 0. The summed E-state index contributed by atoms with van der Waals surface area (Å²) in [6.07, 6.45) is 6.59. The zero-order valence-corrected chi connectivity index (χ0v) is 14.5. The fourth-order valence-corrected chi connectivity index (χ4v) is 5.16. The fourth-order valence-electron chi connectivity index (χ4n) is 3.75. The smallest absolute Gasteiger partial charge is 0.0695 e. The van der Waals surface area contributed by atoms with Crippen LogP contribution in [0.15, 0.2) is 30.3 Å². The first-order chi connectivity index (χ1) is 10.7. The van der Waals surface area contributed by atoms with Crippen LogP contribution in [0.4, 0.5) is 0 Å². The van der Waals surface area contributed by atoms with Gasteiger partial charge >= 0.3 is 0 Å². The third kappa shape index (κ3) is 3.00. The predicted molar refractivity (Wildman–Crippen MR) is 95.6 cm³/mol. The van der Waals surface area contributed by atoms with Crippen LogP contribution in [0.3, 0.4) is 0 Å². The van der Waals surface area contributed by atoms with Gasteiger partial charge in [-0.05, 0) is 41.4 Å². The van der Waals surface area contributed by atoms with Crippen LogP contribution in [0.5, 0.6) is 0 Å². The Bertz CT molecular complexity index is 606. The van der Waals surface area contributed by atoms with E-state index in [0.29, 0.717) is 11.8 Å². The zero-order valence-electron chi connectivity index (χ0n) is 13.6. The number of hydrogen-bond acceptors (Lipinski definition) is 2. The summed E-state index contributed by atoms with van der Waals surface area (Å²) in [6, 6.07) is 10.7. The molecular formula is C20H26OS. The molecule has 1 nitrogen and oxygen atoms in total. The largest absolute Gasteiger partial charge is 0.392 e. The van der Waals surface area contributed by atoms with Gasteiger partial charge in [0.15, 0.2) is 0 Å². The molecule has 1 aromatic heterocycles. The molecule has 1 saturated carbocycles. The first kappa shape index (κ1) is 15.8. The van der Waals surface area contributed by atoms with Gasteiger partial charge in [0.25, 0.3) is 0 Å². The van der Waals surface area contributed by atoms with E-state index in [1.165, 1.54) is 58.5 Å². The Kier molecular flexibility index (Phi) is 5.00. The molecule has 0 bridgehead atoms. The summed E-state index contributed by atoms with van der Waals surface area (Å²) in [6.45, 7) is 4.66. The summed E-state index contributed by atoms with van der Waals surface area (Å²) >= 11 is 1.91. The van der Waals surface area contributed by atoms with E-state index in [0.717, 1.165) is 0 Å². The van der Waals surface area contributed by atoms with E-state index in [9.17, 15) is 5.11 Å². The lowest BCUT2D eigenvalue weighted by atomic mass is 9.81. The molecule has 118 valence electrons. The standard InChI is InChI=1S/C20H26OS/c1-14(2)19-17(13-21)18(15-9-5-3-6-10-15)20(22-19)16-11-7-4-8-12-16/h4,7-8,11-12,14-15,21H,3,5-6,9-10,13H2,1-2H3. The van der Waals surface area contributed by atoms with Gasteiger partial charge in [-0.25, -0.2) is 0 Å². The molecule has 0 aliphatic heterocycles. The molecule has 0 atom stereocenters. The average Bonchev–Trinajstić information content (AvgIpc) is 2.96. The fraction of sp³-hybridized carbons (Fsp3) is 0.500. The number of aliphatic hydroxyl groups is 1. The highest BCUT2D eigenvalue weighted by Crippen LogP contribution is 2.47. The van der Waals surface area contributed by atoms with Gasteiger partial charge in [0.05, 0.1) is 6.61 Å². The molecule has 1 aromatic carbocycles. The highest BCUT2D eigenvalue weighted by Gasteiger charge is 2.27. The van der Waals surface area contributed by atoms with E-state index in [1.54, 1.807) is 0 Å². The molecule has 1 fully saturated rings. The third-order valence-corrected chi connectivity index (χ3v) is 6.41. The van der Waals surface area contributed by atoms with Crippen LogP contribution in [0.1, 0.15) is 73.8 Å². The molecular weight excluding hydrogens is 288 g/mol. The first-order valence-electron chi connectivity index (χ1n) is 8.54. The molecule has 2 heteroatoms. The highest BCUT2D eigenvalue weighted by molar-refractivity contribution is 7.16. The lowest BCUT2D eigenvalue weighted by Crippen LogP contribution is -2.08. The zero-order chi connectivity index (χ0) is 15.5. The van der Waals surface area contributed by atoms with Crippen LogP contribution in [-0.4, -0.2) is 5.11 Å². The Labute approximate surface area is 138 Å². The molecule has 0 spiro atoms. The normalized spacial score (nSPS) is 16.4. The second-order valence-corrected chi connectivity index (χ2v) is 7.75. The third-order valence-electron chi connectivity index (χ3n) is 4.81. The molecule has 1 aliphatic rings. The minimum atomic E-state index is 0.183. The molecule has 1 N–H and O–H groups in total. The predicted octanol–water partition coefficient (Wildman–Crippen LogP) is 6.08. The molecule has 22 heavy (non-hydrogen) atoms. The Morgan fingerprint density at radius 2 is 1.77 bits per heavy atom. The van der Waals surface area contributed by atoms with Gasteiger partial charge in [0.1, 0.15) is 0 Å². The summed E-state index contributed by atoms with van der Waals surface area (Å²) in [5.74, 6) is 1.11. The van der Waals surface area contributed by atoms with Gasteiger partial charge in [-0.1, -0.05) is 63.4 Å². The van der Waals surface area contributed by atoms with E-state index < -0.39 is 0 Å². The molecule has 2 aromatic rings. The van der Waals surface area contributed by atoms with E-state index in [4.69, 9.17) is 0 Å². The summed E-state index contributed by atoms with van der Waals surface area (Å²) in [4.78, 5) is 2.78. The second kappa shape index (κ2) is 6.97. The lowest BCUT2D eigenvalue weighted by Gasteiger charge is -2.24. The van der Waals surface area contributed by atoms with Gasteiger partial charge in [0, 0.05) is 9.75 Å². The van der Waals surface area contributed by atoms with E-state index in [2.05, 4.69) is 44.2 Å². The number of hydrogen-bond donors (Lipinski definition) is 1. The second-order valence-electron chi connectivity index (χ2n) is 6.70. The molecule has 3 rings (SSSR count). The van der Waals surface area contributed by atoms with Gasteiger partial charge in [-0.2, -0.15) is 0 Å². The maximum atomic E-state index is 10.0. The van der Waals surface area contributed by atoms with Crippen LogP contribution in [0, 0.1) is 0 Å². The average molecular weight is 314 g/mol. The van der Waals surface area contributed by atoms with Crippen molar-refractivity contribution >= 4 is 11.3 Å². The Morgan fingerprint density at radius 1 is 1.09 bits per heavy atom. The number of aliphatic hydroxyl groups excluding tert-OH is 1. The van der Waals surface area contributed by atoms with Gasteiger partial charge in [-0.3, -0.25) is 0 Å². The van der Waals surface area contributed by atoms with Crippen molar-refractivity contribution < 1.29 is 5.11 Å². The molecule has 0 saturated heterocycles. The van der Waals surface area contributed by atoms with Crippen LogP contribution >= 0.6 is 11.3 Å². The van der Waals surface area contributed by atoms with Crippen LogP contribution in [0.2, 0.25) is 0 Å². The van der Waals surface area contributed by atoms with Crippen molar-refractivity contribution in [3.05, 3.63) is 46.3 Å². The number of thiophene rings is 1. The van der Waals surface area contributed by atoms with Crippen molar-refractivity contribution in [2.75, 3.05) is 0 Å². The minimum Gasteiger partial charge on any atom is -0.392 e. The van der Waals surface area contributed by atoms with E-state index in [1.807, 2.05) is 11.3 Å².